The summed E-state index contributed by atoms with van der Waals surface area (Å²) in [6, 6.07) is 14.2. The highest BCUT2D eigenvalue weighted by Crippen LogP contribution is 2.36. The minimum atomic E-state index is -0.257. The minimum absolute atomic E-state index is 0.0823. The summed E-state index contributed by atoms with van der Waals surface area (Å²) in [5.74, 6) is 0.763. The van der Waals surface area contributed by atoms with Crippen molar-refractivity contribution >= 4 is 22.5 Å². The largest absolute Gasteiger partial charge is 0.496 e. The molecule has 0 radical (unpaired) electrons. The Labute approximate surface area is 222 Å². The Balaban J connectivity index is 1.39. The summed E-state index contributed by atoms with van der Waals surface area (Å²) in [6.45, 7) is 8.14. The number of aromatic nitrogens is 3. The first-order valence-corrected chi connectivity index (χ1v) is 13.2. The number of H-pyrrole nitrogens is 1. The van der Waals surface area contributed by atoms with E-state index in [-0.39, 0.29) is 24.1 Å². The summed E-state index contributed by atoms with van der Waals surface area (Å²) < 4.78 is 7.72. The van der Waals surface area contributed by atoms with E-state index in [2.05, 4.69) is 43.8 Å². The number of ether oxygens (including phenoxy) is 1. The lowest BCUT2D eigenvalue weighted by Crippen LogP contribution is -2.36. The molecule has 1 fully saturated rings. The van der Waals surface area contributed by atoms with E-state index < -0.39 is 0 Å². The quantitative estimate of drug-likeness (QED) is 0.372. The molecule has 0 saturated carbocycles. The number of methoxy groups -OCH3 is 1. The Morgan fingerprint density at radius 2 is 1.95 bits per heavy atom. The highest BCUT2D eigenvalue weighted by atomic mass is 16.5. The highest BCUT2D eigenvalue weighted by Gasteiger charge is 2.29. The number of carbonyl (C=O) groups is 1. The monoisotopic (exact) mass is 513 g/mol. The van der Waals surface area contributed by atoms with Gasteiger partial charge in [0.1, 0.15) is 5.75 Å². The number of piperidine rings is 1. The van der Waals surface area contributed by atoms with Gasteiger partial charge >= 0.3 is 0 Å². The number of carbonyl (C=O) groups excluding carboxylic acids is 1. The second kappa shape index (κ2) is 10.7. The van der Waals surface area contributed by atoms with Gasteiger partial charge in [0.25, 0.3) is 11.5 Å². The average Bonchev–Trinajstić information content (AvgIpc) is 3.23. The van der Waals surface area contributed by atoms with Gasteiger partial charge in [-0.25, -0.2) is 0 Å². The van der Waals surface area contributed by atoms with Gasteiger partial charge in [0.05, 0.1) is 36.7 Å². The Kier molecular flexibility index (Phi) is 7.22. The molecule has 3 aromatic heterocycles. The Morgan fingerprint density at radius 1 is 1.18 bits per heavy atom. The van der Waals surface area contributed by atoms with Crippen LogP contribution in [0.1, 0.15) is 53.1 Å². The number of nitrogens with zero attached hydrogens (tertiary/aromatic N) is 3. The number of pyridine rings is 2. The molecule has 4 aromatic rings. The maximum Gasteiger partial charge on any atom is 0.256 e. The van der Waals surface area contributed by atoms with Crippen LogP contribution in [0.5, 0.6) is 5.75 Å². The number of anilines is 1. The normalized spacial score (nSPS) is 15.0. The van der Waals surface area contributed by atoms with Crippen molar-refractivity contribution in [1.82, 2.24) is 19.9 Å². The topological polar surface area (TPSA) is 92.2 Å². The molecule has 8 nitrogen and oxygen atoms in total. The van der Waals surface area contributed by atoms with Crippen molar-refractivity contribution in [2.75, 3.05) is 25.1 Å². The Morgan fingerprint density at radius 3 is 2.66 bits per heavy atom. The highest BCUT2D eigenvalue weighted by molar-refractivity contribution is 6.08. The van der Waals surface area contributed by atoms with E-state index in [0.717, 1.165) is 42.5 Å². The van der Waals surface area contributed by atoms with Gasteiger partial charge in [-0.1, -0.05) is 18.2 Å². The van der Waals surface area contributed by atoms with Gasteiger partial charge in [-0.2, -0.15) is 0 Å². The third kappa shape index (κ3) is 4.78. The number of hydrogen-bond donors (Lipinski definition) is 2. The molecule has 5 rings (SSSR count). The molecule has 0 unspecified atom stereocenters. The van der Waals surface area contributed by atoms with Crippen LogP contribution in [0, 0.1) is 19.8 Å². The lowest BCUT2D eigenvalue weighted by molar-refractivity contribution is 0.0951. The number of nitrogens with one attached hydrogen (secondary N) is 2. The predicted molar refractivity (Wildman–Crippen MR) is 150 cm³/mol. The molecule has 1 atom stereocenters. The van der Waals surface area contributed by atoms with Gasteiger partial charge in [-0.3, -0.25) is 14.6 Å². The van der Waals surface area contributed by atoms with Gasteiger partial charge in [0, 0.05) is 47.6 Å². The van der Waals surface area contributed by atoms with Crippen molar-refractivity contribution in [3.63, 3.8) is 0 Å². The standard InChI is InChI=1S/C30H35N5O3/c1-19-16-27(38-4)25(29(36)33-19)18-32-30(37)28-21(3)35(26-10-6-5-9-24(26)28)20(2)22-11-14-34(15-12-22)23-8-7-13-31-17-23/h5-10,13,16-17,20,22H,11-12,14-15,18H2,1-4H3,(H,32,37)(H,33,36)/t20-/m1/s1. The fourth-order valence-corrected chi connectivity index (χ4v) is 5.89. The predicted octanol–water partition coefficient (Wildman–Crippen LogP) is 4.76. The fourth-order valence-electron chi connectivity index (χ4n) is 5.89. The van der Waals surface area contributed by atoms with E-state index in [1.54, 1.807) is 19.2 Å². The molecule has 4 heterocycles. The van der Waals surface area contributed by atoms with Crippen LogP contribution in [0.4, 0.5) is 5.69 Å². The van der Waals surface area contributed by atoms with E-state index >= 15 is 0 Å². The summed E-state index contributed by atoms with van der Waals surface area (Å²) in [7, 11) is 1.53. The summed E-state index contributed by atoms with van der Waals surface area (Å²) in [5.41, 5.74) is 4.68. The molecule has 1 aliphatic heterocycles. The van der Waals surface area contributed by atoms with E-state index in [4.69, 9.17) is 4.74 Å². The van der Waals surface area contributed by atoms with Crippen LogP contribution in [-0.2, 0) is 6.54 Å². The van der Waals surface area contributed by atoms with Crippen LogP contribution in [-0.4, -0.2) is 40.6 Å². The van der Waals surface area contributed by atoms with Gasteiger partial charge in [0.15, 0.2) is 0 Å². The molecule has 198 valence electrons. The van der Waals surface area contributed by atoms with Gasteiger partial charge in [-0.15, -0.1) is 0 Å². The molecule has 1 aliphatic rings. The number of amides is 1. The molecule has 1 amide bonds. The molecule has 2 N–H and O–H groups in total. The zero-order chi connectivity index (χ0) is 26.8. The van der Waals surface area contributed by atoms with Crippen LogP contribution in [0.2, 0.25) is 0 Å². The number of fused-ring (bicyclic) bond motifs is 1. The summed E-state index contributed by atoms with van der Waals surface area (Å²) in [5, 5.41) is 3.90. The van der Waals surface area contributed by atoms with E-state index in [0.29, 0.717) is 28.5 Å². The first kappa shape index (κ1) is 25.6. The fraction of sp³-hybridized carbons (Fsp3) is 0.367. The van der Waals surface area contributed by atoms with Crippen molar-refractivity contribution < 1.29 is 9.53 Å². The van der Waals surface area contributed by atoms with Crippen molar-refractivity contribution in [3.05, 3.63) is 87.7 Å². The number of aryl methyl sites for hydroxylation is 1. The van der Waals surface area contributed by atoms with Gasteiger partial charge < -0.3 is 24.5 Å². The molecule has 0 bridgehead atoms. The number of para-hydroxylation sites is 1. The van der Waals surface area contributed by atoms with Crippen LogP contribution in [0.25, 0.3) is 10.9 Å². The van der Waals surface area contributed by atoms with Crippen molar-refractivity contribution in [2.45, 2.75) is 46.2 Å². The summed E-state index contributed by atoms with van der Waals surface area (Å²) in [6.07, 6.45) is 5.87. The third-order valence-electron chi connectivity index (χ3n) is 7.90. The minimum Gasteiger partial charge on any atom is -0.496 e. The number of rotatable bonds is 7. The maximum absolute atomic E-state index is 13.6. The van der Waals surface area contributed by atoms with E-state index in [1.807, 2.05) is 37.4 Å². The van der Waals surface area contributed by atoms with Crippen LogP contribution >= 0.6 is 0 Å². The lowest BCUT2D eigenvalue weighted by Gasteiger charge is -2.37. The third-order valence-corrected chi connectivity index (χ3v) is 7.90. The Bertz CT molecular complexity index is 1500. The number of hydrogen-bond acceptors (Lipinski definition) is 5. The lowest BCUT2D eigenvalue weighted by atomic mass is 9.89. The van der Waals surface area contributed by atoms with Gasteiger partial charge in [0.2, 0.25) is 0 Å². The number of aromatic amines is 1. The smallest absolute Gasteiger partial charge is 0.256 e. The number of benzene rings is 1. The van der Waals surface area contributed by atoms with Crippen LogP contribution < -0.4 is 20.5 Å². The SMILES string of the molecule is COc1cc(C)[nH]c(=O)c1CNC(=O)c1c(C)n([C@H](C)C2CCN(c3cccnc3)CC2)c2ccccc12. The van der Waals surface area contributed by atoms with Crippen LogP contribution in [0.3, 0.4) is 0 Å². The molecular formula is C30H35N5O3. The molecule has 1 aromatic carbocycles. The molecule has 38 heavy (non-hydrogen) atoms. The van der Waals surface area contributed by atoms with E-state index in [9.17, 15) is 9.59 Å². The summed E-state index contributed by atoms with van der Waals surface area (Å²) in [4.78, 5) is 35.5. The second-order valence-electron chi connectivity index (χ2n) is 10.1. The maximum atomic E-state index is 13.6. The molecule has 1 saturated heterocycles. The molecule has 0 spiro atoms. The van der Waals surface area contributed by atoms with Crippen LogP contribution in [0.15, 0.2) is 59.7 Å². The van der Waals surface area contributed by atoms with Crippen molar-refractivity contribution in [2.24, 2.45) is 5.92 Å². The summed E-state index contributed by atoms with van der Waals surface area (Å²) >= 11 is 0. The zero-order valence-electron chi connectivity index (χ0n) is 22.5. The molecular weight excluding hydrogens is 478 g/mol. The Hall–Kier alpha value is -4.07. The van der Waals surface area contributed by atoms with Gasteiger partial charge in [-0.05, 0) is 63.8 Å². The van der Waals surface area contributed by atoms with E-state index in [1.165, 1.54) is 12.8 Å². The molecule has 8 heteroatoms. The second-order valence-corrected chi connectivity index (χ2v) is 10.1. The first-order chi connectivity index (χ1) is 18.4. The zero-order valence-corrected chi connectivity index (χ0v) is 22.5. The van der Waals surface area contributed by atoms with Crippen molar-refractivity contribution in [3.8, 4) is 5.75 Å². The first-order valence-electron chi connectivity index (χ1n) is 13.2. The average molecular weight is 514 g/mol. The molecule has 0 aliphatic carbocycles. The van der Waals surface area contributed by atoms with Crippen molar-refractivity contribution in [1.29, 1.82) is 0 Å².